The minimum atomic E-state index is -0.568. The highest BCUT2D eigenvalue weighted by Crippen LogP contribution is 2.55. The van der Waals surface area contributed by atoms with Crippen LogP contribution in [0.2, 0.25) is 0 Å². The van der Waals surface area contributed by atoms with E-state index < -0.39 is 5.97 Å². The molecule has 8 unspecified atom stereocenters. The number of carboxylic acid groups (broad SMARTS) is 1. The number of rotatable bonds is 2. The average Bonchev–Trinajstić information content (AvgIpc) is 2.57. The first-order valence-corrected chi connectivity index (χ1v) is 9.82. The van der Waals surface area contributed by atoms with Gasteiger partial charge in [0.15, 0.2) is 0 Å². The quantitative estimate of drug-likeness (QED) is 0.778. The zero-order valence-corrected chi connectivity index (χ0v) is 14.0. The number of carbonyl (C=O) groups is 2. The third-order valence-corrected chi connectivity index (χ3v) is 7.95. The molecule has 8 atom stereocenters. The molecule has 23 heavy (non-hydrogen) atoms. The lowest BCUT2D eigenvalue weighted by Gasteiger charge is -2.52. The van der Waals surface area contributed by atoms with E-state index in [2.05, 4.69) is 0 Å². The molecule has 3 heteroatoms. The van der Waals surface area contributed by atoms with Crippen LogP contribution >= 0.6 is 0 Å². The lowest BCUT2D eigenvalue weighted by atomic mass is 9.53. The second-order valence-electron chi connectivity index (χ2n) is 9.06. The molecular weight excluding hydrogens is 288 g/mol. The Kier molecular flexibility index (Phi) is 4.23. The molecule has 3 nitrogen and oxygen atoms in total. The monoisotopic (exact) mass is 318 g/mol. The van der Waals surface area contributed by atoms with Gasteiger partial charge in [0.1, 0.15) is 6.29 Å². The van der Waals surface area contributed by atoms with Crippen molar-refractivity contribution in [3.05, 3.63) is 0 Å². The van der Waals surface area contributed by atoms with Crippen LogP contribution in [0.15, 0.2) is 0 Å². The van der Waals surface area contributed by atoms with Crippen LogP contribution in [0.1, 0.15) is 64.2 Å². The van der Waals surface area contributed by atoms with Gasteiger partial charge in [0.25, 0.3) is 0 Å². The van der Waals surface area contributed by atoms with E-state index in [1.807, 2.05) is 0 Å². The topological polar surface area (TPSA) is 54.4 Å². The van der Waals surface area contributed by atoms with Crippen LogP contribution in [0, 0.1) is 47.3 Å². The SMILES string of the molecule is O=CC1CCC2CC3CC4CC(C(=O)O)CCC4CC3CC2C1. The van der Waals surface area contributed by atoms with E-state index in [-0.39, 0.29) is 5.92 Å². The van der Waals surface area contributed by atoms with Crippen LogP contribution < -0.4 is 0 Å². The van der Waals surface area contributed by atoms with Gasteiger partial charge in [-0.1, -0.05) is 0 Å². The summed E-state index contributed by atoms with van der Waals surface area (Å²) in [5, 5.41) is 9.34. The Morgan fingerprint density at radius 3 is 1.83 bits per heavy atom. The molecule has 0 spiro atoms. The summed E-state index contributed by atoms with van der Waals surface area (Å²) in [4.78, 5) is 22.5. The van der Waals surface area contributed by atoms with Gasteiger partial charge in [-0.25, -0.2) is 0 Å². The Balaban J connectivity index is 1.42. The average molecular weight is 318 g/mol. The van der Waals surface area contributed by atoms with Gasteiger partial charge in [0, 0.05) is 5.92 Å². The van der Waals surface area contributed by atoms with E-state index in [4.69, 9.17) is 0 Å². The molecule has 0 aromatic heterocycles. The van der Waals surface area contributed by atoms with Crippen LogP contribution in [0.4, 0.5) is 0 Å². The first-order valence-electron chi connectivity index (χ1n) is 9.82. The summed E-state index contributed by atoms with van der Waals surface area (Å²) in [6.45, 7) is 0. The fourth-order valence-electron chi connectivity index (χ4n) is 6.75. The first kappa shape index (κ1) is 15.7. The largest absolute Gasteiger partial charge is 0.481 e. The molecule has 1 N–H and O–H groups in total. The van der Waals surface area contributed by atoms with Gasteiger partial charge in [-0.2, -0.15) is 0 Å². The molecule has 4 aliphatic carbocycles. The third kappa shape index (κ3) is 2.96. The summed E-state index contributed by atoms with van der Waals surface area (Å²) in [5.41, 5.74) is 0. The second-order valence-corrected chi connectivity index (χ2v) is 9.06. The highest BCUT2D eigenvalue weighted by atomic mass is 16.4. The number of hydrogen-bond donors (Lipinski definition) is 1. The van der Waals surface area contributed by atoms with Gasteiger partial charge in [-0.3, -0.25) is 4.79 Å². The third-order valence-electron chi connectivity index (χ3n) is 7.95. The van der Waals surface area contributed by atoms with E-state index in [1.165, 1.54) is 38.4 Å². The Labute approximate surface area is 139 Å². The summed E-state index contributed by atoms with van der Waals surface area (Å²) in [6.07, 6.45) is 13.0. The fourth-order valence-corrected chi connectivity index (χ4v) is 6.75. The highest BCUT2D eigenvalue weighted by Gasteiger charge is 2.46. The molecule has 4 fully saturated rings. The van der Waals surface area contributed by atoms with Crippen molar-refractivity contribution in [3.8, 4) is 0 Å². The fraction of sp³-hybridized carbons (Fsp3) is 0.900. The summed E-state index contributed by atoms with van der Waals surface area (Å²) in [7, 11) is 0. The van der Waals surface area contributed by atoms with Crippen molar-refractivity contribution >= 4 is 12.3 Å². The maximum Gasteiger partial charge on any atom is 0.306 e. The van der Waals surface area contributed by atoms with Crippen molar-refractivity contribution in [1.82, 2.24) is 0 Å². The molecule has 0 aromatic carbocycles. The van der Waals surface area contributed by atoms with Crippen molar-refractivity contribution in [2.75, 3.05) is 0 Å². The molecular formula is C20H30O3. The molecule has 4 saturated carbocycles. The molecule has 0 bridgehead atoms. The first-order chi connectivity index (χ1) is 11.1. The van der Waals surface area contributed by atoms with E-state index in [1.54, 1.807) is 0 Å². The zero-order chi connectivity index (χ0) is 16.0. The van der Waals surface area contributed by atoms with Crippen LogP contribution in [0.3, 0.4) is 0 Å². The smallest absolute Gasteiger partial charge is 0.306 e. The molecule has 0 saturated heterocycles. The number of carbonyl (C=O) groups excluding carboxylic acids is 1. The number of aliphatic carboxylic acids is 1. The molecule has 0 heterocycles. The van der Waals surface area contributed by atoms with Gasteiger partial charge in [-0.05, 0) is 99.7 Å². The lowest BCUT2D eigenvalue weighted by Crippen LogP contribution is -2.43. The molecule has 4 aliphatic rings. The van der Waals surface area contributed by atoms with E-state index in [0.717, 1.165) is 61.7 Å². The van der Waals surface area contributed by atoms with E-state index >= 15 is 0 Å². The predicted molar refractivity (Wildman–Crippen MR) is 87.8 cm³/mol. The van der Waals surface area contributed by atoms with Crippen molar-refractivity contribution in [3.63, 3.8) is 0 Å². The number of fused-ring (bicyclic) bond motifs is 3. The Morgan fingerprint density at radius 2 is 1.22 bits per heavy atom. The summed E-state index contributed by atoms with van der Waals surface area (Å²) < 4.78 is 0. The molecule has 0 aliphatic heterocycles. The van der Waals surface area contributed by atoms with Crippen molar-refractivity contribution in [1.29, 1.82) is 0 Å². The van der Waals surface area contributed by atoms with Crippen LogP contribution in [-0.4, -0.2) is 17.4 Å². The predicted octanol–water partition coefficient (Wildman–Crippen LogP) is 4.15. The van der Waals surface area contributed by atoms with Crippen LogP contribution in [0.25, 0.3) is 0 Å². The summed E-state index contributed by atoms with van der Waals surface area (Å²) in [5.74, 6) is 4.50. The molecule has 4 rings (SSSR count). The lowest BCUT2D eigenvalue weighted by molar-refractivity contribution is -0.145. The maximum atomic E-state index is 11.3. The van der Waals surface area contributed by atoms with E-state index in [9.17, 15) is 14.7 Å². The van der Waals surface area contributed by atoms with Crippen LogP contribution in [-0.2, 0) is 9.59 Å². The molecule has 0 amide bonds. The Morgan fingerprint density at radius 1 is 0.696 bits per heavy atom. The molecule has 0 radical (unpaired) electrons. The number of aldehydes is 1. The van der Waals surface area contributed by atoms with Crippen molar-refractivity contribution < 1.29 is 14.7 Å². The summed E-state index contributed by atoms with van der Waals surface area (Å²) >= 11 is 0. The van der Waals surface area contributed by atoms with Gasteiger partial charge < -0.3 is 9.90 Å². The number of carboxylic acids is 1. The van der Waals surface area contributed by atoms with Gasteiger partial charge in [0.2, 0.25) is 0 Å². The number of hydrogen-bond acceptors (Lipinski definition) is 2. The van der Waals surface area contributed by atoms with Crippen LogP contribution in [0.5, 0.6) is 0 Å². The second kappa shape index (κ2) is 6.22. The summed E-state index contributed by atoms with van der Waals surface area (Å²) in [6, 6.07) is 0. The zero-order valence-electron chi connectivity index (χ0n) is 14.0. The Bertz CT molecular complexity index is 474. The maximum absolute atomic E-state index is 11.3. The highest BCUT2D eigenvalue weighted by molar-refractivity contribution is 5.70. The van der Waals surface area contributed by atoms with Gasteiger partial charge >= 0.3 is 5.97 Å². The molecule has 128 valence electrons. The molecule has 0 aromatic rings. The Hall–Kier alpha value is -0.860. The minimum Gasteiger partial charge on any atom is -0.481 e. The van der Waals surface area contributed by atoms with Crippen molar-refractivity contribution in [2.45, 2.75) is 64.2 Å². The minimum absolute atomic E-state index is 0.0767. The van der Waals surface area contributed by atoms with Gasteiger partial charge in [0.05, 0.1) is 5.92 Å². The van der Waals surface area contributed by atoms with Crippen molar-refractivity contribution in [2.24, 2.45) is 47.3 Å². The standard InChI is InChI=1S/C20H30O3/c21-11-12-1-2-13-6-19-10-17-8-15(20(22)23)4-3-14(17)7-18(19)9-16(13)5-12/h11-19H,1-10H2,(H,22,23). The van der Waals surface area contributed by atoms with Gasteiger partial charge in [-0.15, -0.1) is 0 Å². The van der Waals surface area contributed by atoms with E-state index in [0.29, 0.717) is 11.8 Å². The normalized spacial score (nSPS) is 49.4.